The Balaban J connectivity index is 1.45. The second-order valence-electron chi connectivity index (χ2n) is 7.85. The van der Waals surface area contributed by atoms with Crippen molar-refractivity contribution in [2.75, 3.05) is 43.4 Å². The van der Waals surface area contributed by atoms with Crippen LogP contribution in [0.3, 0.4) is 0 Å². The Morgan fingerprint density at radius 1 is 1.07 bits per heavy atom. The second-order valence-corrected chi connectivity index (χ2v) is 7.85. The van der Waals surface area contributed by atoms with Gasteiger partial charge in [0, 0.05) is 43.0 Å². The minimum absolute atomic E-state index is 0.0669. The Kier molecular flexibility index (Phi) is 5.16. The first-order valence-electron chi connectivity index (χ1n) is 10.0. The Bertz CT molecular complexity index is 783. The minimum Gasteiger partial charge on any atom is -0.369 e. The van der Waals surface area contributed by atoms with E-state index >= 15 is 0 Å². The Morgan fingerprint density at radius 2 is 1.74 bits per heavy atom. The van der Waals surface area contributed by atoms with Gasteiger partial charge >= 0.3 is 0 Å². The van der Waals surface area contributed by atoms with Gasteiger partial charge in [-0.15, -0.1) is 0 Å². The van der Waals surface area contributed by atoms with Crippen LogP contribution in [0.5, 0.6) is 0 Å². The summed E-state index contributed by atoms with van der Waals surface area (Å²) >= 11 is 0. The molecule has 6 nitrogen and oxygen atoms in total. The van der Waals surface area contributed by atoms with Gasteiger partial charge in [-0.2, -0.15) is 5.10 Å². The van der Waals surface area contributed by atoms with Crippen LogP contribution < -0.4 is 10.2 Å². The van der Waals surface area contributed by atoms with Crippen LogP contribution in [0.1, 0.15) is 47.6 Å². The molecule has 27 heavy (non-hydrogen) atoms. The van der Waals surface area contributed by atoms with Crippen LogP contribution >= 0.6 is 0 Å². The summed E-state index contributed by atoms with van der Waals surface area (Å²) in [7, 11) is 2.16. The summed E-state index contributed by atoms with van der Waals surface area (Å²) in [4.78, 5) is 17.5. The number of hydrogen-bond acceptors (Lipinski definition) is 4. The number of aryl methyl sites for hydroxylation is 1. The number of rotatable bonds is 4. The zero-order valence-electron chi connectivity index (χ0n) is 16.3. The van der Waals surface area contributed by atoms with Crippen LogP contribution in [-0.4, -0.2) is 53.8 Å². The Labute approximate surface area is 161 Å². The smallest absolute Gasteiger partial charge is 0.256 e. The minimum atomic E-state index is -0.0669. The number of carbonyl (C=O) groups is 1. The summed E-state index contributed by atoms with van der Waals surface area (Å²) in [5.74, 6) is 0.776. The predicted octanol–water partition coefficient (Wildman–Crippen LogP) is 3.31. The molecule has 0 unspecified atom stereocenters. The number of amides is 1. The van der Waals surface area contributed by atoms with Crippen molar-refractivity contribution < 1.29 is 4.79 Å². The number of anilines is 2. The van der Waals surface area contributed by atoms with Crippen LogP contribution in [0.25, 0.3) is 0 Å². The largest absolute Gasteiger partial charge is 0.369 e. The van der Waals surface area contributed by atoms with Gasteiger partial charge in [0.1, 0.15) is 5.82 Å². The number of benzene rings is 1. The van der Waals surface area contributed by atoms with Crippen LogP contribution in [0.15, 0.2) is 30.5 Å². The van der Waals surface area contributed by atoms with Gasteiger partial charge in [0.15, 0.2) is 0 Å². The molecule has 0 atom stereocenters. The maximum Gasteiger partial charge on any atom is 0.256 e. The van der Waals surface area contributed by atoms with E-state index in [1.165, 1.54) is 18.5 Å². The summed E-state index contributed by atoms with van der Waals surface area (Å²) in [6, 6.07) is 8.37. The summed E-state index contributed by atoms with van der Waals surface area (Å²) in [6.07, 6.45) is 6.62. The summed E-state index contributed by atoms with van der Waals surface area (Å²) < 4.78 is 2.01. The normalized spacial score (nSPS) is 18.8. The highest BCUT2D eigenvalue weighted by molar-refractivity contribution is 6.04. The first-order chi connectivity index (χ1) is 13.1. The fourth-order valence-electron chi connectivity index (χ4n) is 4.10. The molecule has 1 aromatic heterocycles. The third kappa shape index (κ3) is 3.86. The number of piperazine rings is 1. The quantitative estimate of drug-likeness (QED) is 0.901. The van der Waals surface area contributed by atoms with Crippen molar-refractivity contribution in [1.29, 1.82) is 0 Å². The van der Waals surface area contributed by atoms with Crippen molar-refractivity contribution >= 4 is 17.4 Å². The third-order valence-electron chi connectivity index (χ3n) is 5.88. The van der Waals surface area contributed by atoms with Gasteiger partial charge in [0.25, 0.3) is 5.91 Å². The van der Waals surface area contributed by atoms with E-state index in [-0.39, 0.29) is 5.91 Å². The molecule has 4 rings (SSSR count). The molecular weight excluding hydrogens is 338 g/mol. The lowest BCUT2D eigenvalue weighted by Gasteiger charge is -2.34. The molecule has 2 heterocycles. The molecule has 1 N–H and O–H groups in total. The number of nitrogens with zero attached hydrogens (tertiary/aromatic N) is 4. The SMILES string of the molecule is Cc1cnn(C2CCCC2)c1NC(=O)c1ccc(N2CCN(C)CC2)cc1. The van der Waals surface area contributed by atoms with E-state index in [4.69, 9.17) is 0 Å². The van der Waals surface area contributed by atoms with Crippen molar-refractivity contribution in [2.24, 2.45) is 0 Å². The topological polar surface area (TPSA) is 53.4 Å². The molecule has 144 valence electrons. The third-order valence-corrected chi connectivity index (χ3v) is 5.88. The maximum absolute atomic E-state index is 12.8. The highest BCUT2D eigenvalue weighted by Crippen LogP contribution is 2.32. The summed E-state index contributed by atoms with van der Waals surface area (Å²) in [5.41, 5.74) is 2.89. The molecule has 1 aliphatic carbocycles. The fraction of sp³-hybridized carbons (Fsp3) is 0.524. The monoisotopic (exact) mass is 367 g/mol. The van der Waals surface area contributed by atoms with Gasteiger partial charge in [-0.1, -0.05) is 12.8 Å². The van der Waals surface area contributed by atoms with Gasteiger partial charge in [0.2, 0.25) is 0 Å². The Morgan fingerprint density at radius 3 is 2.41 bits per heavy atom. The number of aromatic nitrogens is 2. The molecule has 1 saturated carbocycles. The van der Waals surface area contributed by atoms with E-state index in [0.29, 0.717) is 11.6 Å². The molecule has 2 fully saturated rings. The second kappa shape index (κ2) is 7.72. The van der Waals surface area contributed by atoms with Crippen LogP contribution in [0.4, 0.5) is 11.5 Å². The average Bonchev–Trinajstić information content (AvgIpc) is 3.33. The molecule has 0 spiro atoms. The fourth-order valence-corrected chi connectivity index (χ4v) is 4.10. The molecule has 1 aromatic carbocycles. The highest BCUT2D eigenvalue weighted by Gasteiger charge is 2.22. The van der Waals surface area contributed by atoms with Crippen molar-refractivity contribution in [3.05, 3.63) is 41.6 Å². The molecule has 0 bridgehead atoms. The van der Waals surface area contributed by atoms with Crippen molar-refractivity contribution in [3.8, 4) is 0 Å². The first kappa shape index (κ1) is 18.0. The number of nitrogens with one attached hydrogen (secondary N) is 1. The summed E-state index contributed by atoms with van der Waals surface area (Å²) in [6.45, 7) is 6.22. The zero-order valence-corrected chi connectivity index (χ0v) is 16.3. The Hall–Kier alpha value is -2.34. The first-order valence-corrected chi connectivity index (χ1v) is 10.0. The lowest BCUT2D eigenvalue weighted by Crippen LogP contribution is -2.44. The molecule has 6 heteroatoms. The molecule has 1 aliphatic heterocycles. The van der Waals surface area contributed by atoms with E-state index < -0.39 is 0 Å². The maximum atomic E-state index is 12.8. The predicted molar refractivity (Wildman–Crippen MR) is 109 cm³/mol. The lowest BCUT2D eigenvalue weighted by atomic mass is 10.1. The molecule has 2 aliphatic rings. The standard InChI is InChI=1S/C21H29N5O/c1-16-15-22-26(19-5-3-4-6-19)20(16)23-21(27)17-7-9-18(10-8-17)25-13-11-24(2)12-14-25/h7-10,15,19H,3-6,11-14H2,1-2H3,(H,23,27). The molecular formula is C21H29N5O. The zero-order chi connectivity index (χ0) is 18.8. The van der Waals surface area contributed by atoms with Crippen molar-refractivity contribution in [2.45, 2.75) is 38.6 Å². The molecule has 0 radical (unpaired) electrons. The number of likely N-dealkylation sites (N-methyl/N-ethyl adjacent to an activating group) is 1. The number of carbonyl (C=O) groups excluding carboxylic acids is 1. The van der Waals surface area contributed by atoms with Gasteiger partial charge in [-0.3, -0.25) is 4.79 Å². The van der Waals surface area contributed by atoms with E-state index in [1.807, 2.05) is 29.9 Å². The molecule has 1 amide bonds. The molecule has 1 saturated heterocycles. The van der Waals surface area contributed by atoms with Crippen LogP contribution in [-0.2, 0) is 0 Å². The van der Waals surface area contributed by atoms with Gasteiger partial charge in [0.05, 0.1) is 12.2 Å². The van der Waals surface area contributed by atoms with Crippen LogP contribution in [0, 0.1) is 6.92 Å². The van der Waals surface area contributed by atoms with Gasteiger partial charge < -0.3 is 15.1 Å². The summed E-state index contributed by atoms with van der Waals surface area (Å²) in [5, 5.41) is 7.62. The van der Waals surface area contributed by atoms with E-state index in [9.17, 15) is 4.79 Å². The average molecular weight is 367 g/mol. The van der Waals surface area contributed by atoms with E-state index in [1.54, 1.807) is 0 Å². The van der Waals surface area contributed by atoms with E-state index in [2.05, 4.69) is 39.4 Å². The van der Waals surface area contributed by atoms with Crippen LogP contribution in [0.2, 0.25) is 0 Å². The van der Waals surface area contributed by atoms with Crippen molar-refractivity contribution in [1.82, 2.24) is 14.7 Å². The van der Waals surface area contributed by atoms with E-state index in [0.717, 1.165) is 50.4 Å². The molecule has 2 aromatic rings. The lowest BCUT2D eigenvalue weighted by molar-refractivity contribution is 0.102. The number of hydrogen-bond donors (Lipinski definition) is 1. The highest BCUT2D eigenvalue weighted by atomic mass is 16.1. The van der Waals surface area contributed by atoms with Crippen molar-refractivity contribution in [3.63, 3.8) is 0 Å². The van der Waals surface area contributed by atoms with Gasteiger partial charge in [-0.05, 0) is 51.1 Å². The van der Waals surface area contributed by atoms with Gasteiger partial charge in [-0.25, -0.2) is 4.68 Å².